The number of carbonyl (C=O) groups excluding carboxylic acids is 2. The van der Waals surface area contributed by atoms with Crippen LogP contribution in [0.3, 0.4) is 0 Å². The zero-order chi connectivity index (χ0) is 21.3. The first-order valence-electron chi connectivity index (χ1n) is 9.13. The van der Waals surface area contributed by atoms with E-state index in [0.29, 0.717) is 16.8 Å². The normalized spacial score (nSPS) is 17.0. The SMILES string of the molecule is COC(=O)[C@H]1Nc2ccccc2-c2nc(=O)c(-c3ccccc3)nn2[C@@H]1C(=O)OC. The predicted molar refractivity (Wildman–Crippen MR) is 108 cm³/mol. The summed E-state index contributed by atoms with van der Waals surface area (Å²) in [6.45, 7) is 0. The molecule has 2 heterocycles. The number of benzene rings is 2. The third kappa shape index (κ3) is 3.20. The van der Waals surface area contributed by atoms with E-state index in [2.05, 4.69) is 15.4 Å². The number of esters is 2. The number of aromatic nitrogens is 3. The molecule has 1 aliphatic rings. The molecular weight excluding hydrogens is 388 g/mol. The molecule has 9 nitrogen and oxygen atoms in total. The second-order valence-corrected chi connectivity index (χ2v) is 6.56. The highest BCUT2D eigenvalue weighted by Crippen LogP contribution is 2.34. The van der Waals surface area contributed by atoms with Crippen LogP contribution in [0.15, 0.2) is 59.4 Å². The molecule has 1 aliphatic heterocycles. The van der Waals surface area contributed by atoms with Crippen LogP contribution in [0.2, 0.25) is 0 Å². The Hall–Kier alpha value is -4.01. The van der Waals surface area contributed by atoms with Gasteiger partial charge in [-0.2, -0.15) is 10.1 Å². The molecule has 0 bridgehead atoms. The van der Waals surface area contributed by atoms with Gasteiger partial charge in [-0.3, -0.25) is 4.79 Å². The number of carbonyl (C=O) groups is 2. The van der Waals surface area contributed by atoms with Crippen molar-refractivity contribution in [2.24, 2.45) is 0 Å². The fraction of sp³-hybridized carbons (Fsp3) is 0.190. The minimum absolute atomic E-state index is 0.0521. The van der Waals surface area contributed by atoms with E-state index in [1.807, 2.05) is 6.07 Å². The second kappa shape index (κ2) is 7.78. The lowest BCUT2D eigenvalue weighted by Crippen LogP contribution is -2.44. The zero-order valence-electron chi connectivity index (χ0n) is 16.2. The van der Waals surface area contributed by atoms with Gasteiger partial charge in [-0.15, -0.1) is 0 Å². The number of fused-ring (bicyclic) bond motifs is 3. The Kier molecular flexibility index (Phi) is 5.01. The van der Waals surface area contributed by atoms with E-state index in [4.69, 9.17) is 9.47 Å². The number of para-hydroxylation sites is 1. The number of nitrogens with zero attached hydrogens (tertiary/aromatic N) is 3. The molecule has 2 atom stereocenters. The molecular formula is C21H18N4O5. The van der Waals surface area contributed by atoms with E-state index in [9.17, 15) is 14.4 Å². The average molecular weight is 406 g/mol. The van der Waals surface area contributed by atoms with Crippen LogP contribution in [0.4, 0.5) is 5.69 Å². The number of nitrogens with one attached hydrogen (secondary N) is 1. The first-order valence-corrected chi connectivity index (χ1v) is 9.13. The van der Waals surface area contributed by atoms with Crippen molar-refractivity contribution in [1.82, 2.24) is 14.8 Å². The summed E-state index contributed by atoms with van der Waals surface area (Å²) in [4.78, 5) is 42.4. The Morgan fingerprint density at radius 1 is 0.967 bits per heavy atom. The maximum Gasteiger partial charge on any atom is 0.333 e. The van der Waals surface area contributed by atoms with Crippen LogP contribution in [-0.4, -0.2) is 47.0 Å². The molecule has 1 N–H and O–H groups in total. The molecule has 152 valence electrons. The molecule has 2 aromatic carbocycles. The van der Waals surface area contributed by atoms with Gasteiger partial charge in [0.05, 0.1) is 14.2 Å². The van der Waals surface area contributed by atoms with Gasteiger partial charge in [0.2, 0.25) is 0 Å². The van der Waals surface area contributed by atoms with Crippen molar-refractivity contribution >= 4 is 17.6 Å². The molecule has 0 fully saturated rings. The first-order chi connectivity index (χ1) is 14.5. The highest BCUT2D eigenvalue weighted by Gasteiger charge is 2.42. The molecule has 0 unspecified atom stereocenters. The highest BCUT2D eigenvalue weighted by molar-refractivity contribution is 5.91. The minimum atomic E-state index is -1.25. The van der Waals surface area contributed by atoms with Crippen molar-refractivity contribution in [1.29, 1.82) is 0 Å². The van der Waals surface area contributed by atoms with Gasteiger partial charge in [0, 0.05) is 16.8 Å². The van der Waals surface area contributed by atoms with Crippen LogP contribution in [0, 0.1) is 0 Å². The van der Waals surface area contributed by atoms with Crippen molar-refractivity contribution in [2.75, 3.05) is 19.5 Å². The smallest absolute Gasteiger partial charge is 0.333 e. The Morgan fingerprint density at radius 3 is 2.33 bits per heavy atom. The van der Waals surface area contributed by atoms with Gasteiger partial charge in [-0.1, -0.05) is 42.5 Å². The lowest BCUT2D eigenvalue weighted by Gasteiger charge is -2.24. The van der Waals surface area contributed by atoms with Crippen molar-refractivity contribution in [3.05, 3.63) is 65.0 Å². The first kappa shape index (κ1) is 19.3. The lowest BCUT2D eigenvalue weighted by atomic mass is 10.1. The third-order valence-corrected chi connectivity index (χ3v) is 4.84. The fourth-order valence-electron chi connectivity index (χ4n) is 3.42. The van der Waals surface area contributed by atoms with Crippen molar-refractivity contribution in [3.63, 3.8) is 0 Å². The number of rotatable bonds is 3. The summed E-state index contributed by atoms with van der Waals surface area (Å²) in [7, 11) is 2.44. The van der Waals surface area contributed by atoms with E-state index >= 15 is 0 Å². The van der Waals surface area contributed by atoms with E-state index in [1.165, 1.54) is 18.9 Å². The van der Waals surface area contributed by atoms with E-state index < -0.39 is 29.6 Å². The van der Waals surface area contributed by atoms with Crippen molar-refractivity contribution < 1.29 is 19.1 Å². The second-order valence-electron chi connectivity index (χ2n) is 6.56. The van der Waals surface area contributed by atoms with E-state index in [1.54, 1.807) is 48.5 Å². The van der Waals surface area contributed by atoms with Gasteiger partial charge in [0.25, 0.3) is 5.56 Å². The quantitative estimate of drug-likeness (QED) is 0.654. The van der Waals surface area contributed by atoms with Crippen LogP contribution < -0.4 is 10.9 Å². The summed E-state index contributed by atoms with van der Waals surface area (Å²) < 4.78 is 11.1. The number of hydrogen-bond donors (Lipinski definition) is 1. The molecule has 9 heteroatoms. The summed E-state index contributed by atoms with van der Waals surface area (Å²) in [6, 6.07) is 13.3. The number of hydrogen-bond acceptors (Lipinski definition) is 8. The summed E-state index contributed by atoms with van der Waals surface area (Å²) in [5.74, 6) is -1.27. The highest BCUT2D eigenvalue weighted by atomic mass is 16.5. The van der Waals surface area contributed by atoms with Crippen LogP contribution in [-0.2, 0) is 19.1 Å². The summed E-state index contributed by atoms with van der Waals surface area (Å²) in [5.41, 5.74) is 1.06. The predicted octanol–water partition coefficient (Wildman–Crippen LogP) is 1.65. The van der Waals surface area contributed by atoms with Gasteiger partial charge in [0.15, 0.2) is 23.6 Å². The average Bonchev–Trinajstić information content (AvgIpc) is 2.92. The topological polar surface area (TPSA) is 112 Å². The molecule has 0 radical (unpaired) electrons. The molecule has 0 amide bonds. The standard InChI is InChI=1S/C21H18N4O5/c1-29-20(27)16-17(21(28)30-2)25-18(13-10-6-7-11-14(13)22-16)23-19(26)15(24-25)12-8-4-3-5-9-12/h3-11,16-17,22H,1-2H3/t16-,17-/m0/s1. The lowest BCUT2D eigenvalue weighted by molar-refractivity contribution is -0.152. The number of anilines is 1. The summed E-state index contributed by atoms with van der Waals surface area (Å²) >= 11 is 0. The summed E-state index contributed by atoms with van der Waals surface area (Å²) in [6.07, 6.45) is 0. The van der Waals surface area contributed by atoms with Gasteiger partial charge >= 0.3 is 11.9 Å². The maximum absolute atomic E-state index is 12.8. The molecule has 1 aromatic heterocycles. The Balaban J connectivity index is 2.04. The Labute approximate surface area is 171 Å². The zero-order valence-corrected chi connectivity index (χ0v) is 16.2. The number of methoxy groups -OCH3 is 2. The minimum Gasteiger partial charge on any atom is -0.467 e. The monoisotopic (exact) mass is 406 g/mol. The molecule has 0 saturated heterocycles. The van der Waals surface area contributed by atoms with Gasteiger partial charge in [-0.25, -0.2) is 14.3 Å². The number of ether oxygens (including phenoxy) is 2. The van der Waals surface area contributed by atoms with Gasteiger partial charge in [0.1, 0.15) is 0 Å². The molecule has 0 spiro atoms. The van der Waals surface area contributed by atoms with Crippen LogP contribution >= 0.6 is 0 Å². The molecule has 3 aromatic rings. The van der Waals surface area contributed by atoms with E-state index in [0.717, 1.165) is 0 Å². The largest absolute Gasteiger partial charge is 0.467 e. The Bertz CT molecular complexity index is 1180. The molecule has 0 aliphatic carbocycles. The molecule has 30 heavy (non-hydrogen) atoms. The van der Waals surface area contributed by atoms with Crippen LogP contribution in [0.5, 0.6) is 0 Å². The molecule has 4 rings (SSSR count). The van der Waals surface area contributed by atoms with Crippen molar-refractivity contribution in [3.8, 4) is 22.6 Å². The Morgan fingerprint density at radius 2 is 1.63 bits per heavy atom. The van der Waals surface area contributed by atoms with Gasteiger partial charge in [-0.05, 0) is 12.1 Å². The third-order valence-electron chi connectivity index (χ3n) is 4.84. The molecule has 0 saturated carbocycles. The van der Waals surface area contributed by atoms with Crippen molar-refractivity contribution in [2.45, 2.75) is 12.1 Å². The maximum atomic E-state index is 12.8. The summed E-state index contributed by atoms with van der Waals surface area (Å²) in [5, 5.41) is 7.48. The van der Waals surface area contributed by atoms with Gasteiger partial charge < -0.3 is 14.8 Å². The van der Waals surface area contributed by atoms with E-state index in [-0.39, 0.29) is 11.5 Å². The van der Waals surface area contributed by atoms with Crippen LogP contribution in [0.1, 0.15) is 6.04 Å². The fourth-order valence-corrected chi connectivity index (χ4v) is 3.42. The van der Waals surface area contributed by atoms with Crippen LogP contribution in [0.25, 0.3) is 22.6 Å².